The van der Waals surface area contributed by atoms with Crippen molar-refractivity contribution in [2.24, 2.45) is 21.1 Å². The van der Waals surface area contributed by atoms with E-state index in [1.807, 2.05) is 0 Å². The van der Waals surface area contributed by atoms with E-state index in [1.165, 1.54) is 0 Å². The number of amidine groups is 1. The molecule has 0 aromatic carbocycles. The molecule has 3 rings (SSSR count). The zero-order valence-electron chi connectivity index (χ0n) is 9.95. The summed E-state index contributed by atoms with van der Waals surface area (Å²) in [6.07, 6.45) is 8.77. The van der Waals surface area contributed by atoms with E-state index in [1.54, 1.807) is 24.6 Å². The van der Waals surface area contributed by atoms with Crippen LogP contribution in [0.3, 0.4) is 0 Å². The minimum absolute atomic E-state index is 0.416. The molecule has 6 nitrogen and oxygen atoms in total. The van der Waals surface area contributed by atoms with Gasteiger partial charge in [-0.3, -0.25) is 5.21 Å². The first-order valence-electron chi connectivity index (χ1n) is 6.12. The van der Waals surface area contributed by atoms with Crippen LogP contribution in [0.5, 0.6) is 0 Å². The van der Waals surface area contributed by atoms with Crippen LogP contribution in [0.1, 0.15) is 12.8 Å². The van der Waals surface area contributed by atoms with Crippen LogP contribution in [0.4, 0.5) is 0 Å². The molecule has 3 heterocycles. The molecule has 2 N–H and O–H groups in total. The highest BCUT2D eigenvalue weighted by Crippen LogP contribution is 2.25. The third-order valence-corrected chi connectivity index (χ3v) is 3.24. The number of azo groups is 1. The number of aliphatic imine (C=N–C) groups is 1. The van der Waals surface area contributed by atoms with E-state index < -0.39 is 0 Å². The molecule has 6 heteroatoms. The lowest BCUT2D eigenvalue weighted by Crippen LogP contribution is -2.30. The highest BCUT2D eigenvalue weighted by molar-refractivity contribution is 5.87. The predicted molar refractivity (Wildman–Crippen MR) is 66.8 cm³/mol. The molecule has 1 fully saturated rings. The van der Waals surface area contributed by atoms with E-state index >= 15 is 0 Å². The van der Waals surface area contributed by atoms with Gasteiger partial charge in [0.05, 0.1) is 0 Å². The average Bonchev–Trinajstić information content (AvgIpc) is 2.90. The highest BCUT2D eigenvalue weighted by atomic mass is 16.5. The molecule has 0 amide bonds. The Labute approximate surface area is 105 Å². The quantitative estimate of drug-likeness (QED) is 0.739. The molecular weight excluding hydrogens is 230 g/mol. The van der Waals surface area contributed by atoms with Crippen LogP contribution in [0.25, 0.3) is 0 Å². The number of rotatable bonds is 1. The molecular formula is C12H15N5O. The van der Waals surface area contributed by atoms with E-state index in [0.717, 1.165) is 42.4 Å². The first kappa shape index (κ1) is 11.3. The van der Waals surface area contributed by atoms with Gasteiger partial charge in [0.25, 0.3) is 0 Å². The third-order valence-electron chi connectivity index (χ3n) is 3.24. The second-order valence-electron chi connectivity index (χ2n) is 4.48. The Hall–Kier alpha value is -1.79. The summed E-state index contributed by atoms with van der Waals surface area (Å²) in [6, 6.07) is 0. The average molecular weight is 245 g/mol. The normalized spacial score (nSPS) is 24.1. The molecule has 0 spiro atoms. The van der Waals surface area contributed by atoms with E-state index in [0.29, 0.717) is 11.7 Å². The smallest absolute Gasteiger partial charge is 0.183 e. The van der Waals surface area contributed by atoms with Gasteiger partial charge in [-0.2, -0.15) is 0 Å². The van der Waals surface area contributed by atoms with Crippen molar-refractivity contribution in [3.8, 4) is 0 Å². The van der Waals surface area contributed by atoms with Crippen LogP contribution < -0.4 is 5.32 Å². The fourth-order valence-electron chi connectivity index (χ4n) is 2.19. The van der Waals surface area contributed by atoms with Crippen molar-refractivity contribution in [3.05, 3.63) is 35.9 Å². The zero-order valence-corrected chi connectivity index (χ0v) is 9.95. The van der Waals surface area contributed by atoms with Gasteiger partial charge in [-0.1, -0.05) is 0 Å². The summed E-state index contributed by atoms with van der Waals surface area (Å²) in [5.41, 5.74) is 0.869. The predicted octanol–water partition coefficient (Wildman–Crippen LogP) is 1.79. The SMILES string of the molecule is ON1C=CC(=C2N=NC(C3CCNCC3)=N2)C=C1. The van der Waals surface area contributed by atoms with Crippen LogP contribution in [-0.2, 0) is 0 Å². The molecule has 0 atom stereocenters. The minimum atomic E-state index is 0.416. The summed E-state index contributed by atoms with van der Waals surface area (Å²) in [5, 5.41) is 21.8. The van der Waals surface area contributed by atoms with Crippen molar-refractivity contribution in [2.75, 3.05) is 13.1 Å². The van der Waals surface area contributed by atoms with E-state index in [2.05, 4.69) is 20.5 Å². The van der Waals surface area contributed by atoms with Gasteiger partial charge in [0.1, 0.15) is 0 Å². The van der Waals surface area contributed by atoms with Gasteiger partial charge in [0, 0.05) is 23.9 Å². The van der Waals surface area contributed by atoms with E-state index in [9.17, 15) is 0 Å². The molecule has 0 radical (unpaired) electrons. The number of nitrogens with zero attached hydrogens (tertiary/aromatic N) is 4. The second-order valence-corrected chi connectivity index (χ2v) is 4.48. The van der Waals surface area contributed by atoms with Gasteiger partial charge in [-0.25, -0.2) is 10.1 Å². The van der Waals surface area contributed by atoms with Gasteiger partial charge in [-0.05, 0) is 38.1 Å². The Kier molecular flexibility index (Phi) is 3.04. The number of allylic oxidation sites excluding steroid dienone is 3. The maximum Gasteiger partial charge on any atom is 0.183 e. The molecule has 0 unspecified atom stereocenters. The first-order chi connectivity index (χ1) is 8.83. The fourth-order valence-corrected chi connectivity index (χ4v) is 2.19. The molecule has 0 aromatic heterocycles. The Bertz CT molecular complexity index is 467. The number of hydroxylamine groups is 2. The zero-order chi connectivity index (χ0) is 12.4. The lowest BCUT2D eigenvalue weighted by atomic mass is 9.97. The van der Waals surface area contributed by atoms with Crippen LogP contribution in [0.2, 0.25) is 0 Å². The summed E-state index contributed by atoms with van der Waals surface area (Å²) in [7, 11) is 0. The van der Waals surface area contributed by atoms with Gasteiger partial charge >= 0.3 is 0 Å². The Balaban J connectivity index is 1.79. The third kappa shape index (κ3) is 2.25. The maximum atomic E-state index is 9.17. The van der Waals surface area contributed by atoms with Crippen molar-refractivity contribution in [1.29, 1.82) is 0 Å². The standard InChI is InChI=1S/C12H15N5O/c18-17-7-3-10(4-8-17)12-14-11(15-16-12)9-1-5-13-6-2-9/h3-4,7-9,13,18H,1-2,5-6H2. The number of nitrogens with one attached hydrogen (secondary N) is 1. The molecule has 3 aliphatic heterocycles. The number of hydrogen-bond acceptors (Lipinski definition) is 6. The molecule has 0 saturated carbocycles. The molecule has 18 heavy (non-hydrogen) atoms. The van der Waals surface area contributed by atoms with Crippen molar-refractivity contribution in [2.45, 2.75) is 12.8 Å². The molecule has 0 aromatic rings. The number of hydrogen-bond donors (Lipinski definition) is 2. The van der Waals surface area contributed by atoms with Gasteiger partial charge in [0.15, 0.2) is 11.7 Å². The lowest BCUT2D eigenvalue weighted by molar-refractivity contribution is 0.0105. The Morgan fingerprint density at radius 2 is 1.89 bits per heavy atom. The first-order valence-corrected chi connectivity index (χ1v) is 6.12. The molecule has 0 aliphatic carbocycles. The monoisotopic (exact) mass is 245 g/mol. The van der Waals surface area contributed by atoms with Gasteiger partial charge in [-0.15, -0.1) is 10.2 Å². The van der Waals surface area contributed by atoms with Gasteiger partial charge < -0.3 is 5.32 Å². The summed E-state index contributed by atoms with van der Waals surface area (Å²) in [4.78, 5) is 4.49. The molecule has 1 saturated heterocycles. The maximum absolute atomic E-state index is 9.17. The summed E-state index contributed by atoms with van der Waals surface area (Å²) >= 11 is 0. The van der Waals surface area contributed by atoms with Crippen molar-refractivity contribution >= 4 is 5.84 Å². The van der Waals surface area contributed by atoms with Gasteiger partial charge in [0.2, 0.25) is 0 Å². The largest absolute Gasteiger partial charge is 0.317 e. The van der Waals surface area contributed by atoms with Crippen molar-refractivity contribution < 1.29 is 5.21 Å². The molecule has 3 aliphatic rings. The minimum Gasteiger partial charge on any atom is -0.317 e. The van der Waals surface area contributed by atoms with Crippen molar-refractivity contribution in [1.82, 2.24) is 10.4 Å². The van der Waals surface area contributed by atoms with Crippen LogP contribution in [0, 0.1) is 5.92 Å². The number of piperidine rings is 1. The van der Waals surface area contributed by atoms with Crippen LogP contribution in [-0.4, -0.2) is 29.2 Å². The van der Waals surface area contributed by atoms with Crippen molar-refractivity contribution in [3.63, 3.8) is 0 Å². The van der Waals surface area contributed by atoms with Crippen LogP contribution in [0.15, 0.2) is 51.2 Å². The summed E-state index contributed by atoms with van der Waals surface area (Å²) in [6.45, 7) is 2.04. The molecule has 94 valence electrons. The molecule has 0 bridgehead atoms. The summed E-state index contributed by atoms with van der Waals surface area (Å²) < 4.78 is 0. The summed E-state index contributed by atoms with van der Waals surface area (Å²) in [5.74, 6) is 1.88. The highest BCUT2D eigenvalue weighted by Gasteiger charge is 2.22. The Morgan fingerprint density at radius 1 is 1.17 bits per heavy atom. The Morgan fingerprint density at radius 3 is 2.61 bits per heavy atom. The van der Waals surface area contributed by atoms with E-state index in [-0.39, 0.29) is 0 Å². The van der Waals surface area contributed by atoms with Crippen LogP contribution >= 0.6 is 0 Å². The lowest BCUT2D eigenvalue weighted by Gasteiger charge is -2.20. The topological polar surface area (TPSA) is 72.6 Å². The second kappa shape index (κ2) is 4.83. The fraction of sp³-hybridized carbons (Fsp3) is 0.417. The van der Waals surface area contributed by atoms with E-state index in [4.69, 9.17) is 5.21 Å².